The highest BCUT2D eigenvalue weighted by atomic mass is 35.5. The molecule has 1 unspecified atom stereocenters. The summed E-state index contributed by atoms with van der Waals surface area (Å²) < 4.78 is 12.2. The molecule has 0 aliphatic carbocycles. The molecule has 0 spiro atoms. The maximum absolute atomic E-state index is 14.0. The lowest BCUT2D eigenvalue weighted by Crippen LogP contribution is -2.55. The van der Waals surface area contributed by atoms with Gasteiger partial charge in [0, 0.05) is 37.3 Å². The lowest BCUT2D eigenvalue weighted by Gasteiger charge is -2.46. The van der Waals surface area contributed by atoms with Crippen molar-refractivity contribution in [1.82, 2.24) is 15.1 Å². The van der Waals surface area contributed by atoms with E-state index >= 15 is 0 Å². The number of hydrogen-bond acceptors (Lipinski definition) is 10. The van der Waals surface area contributed by atoms with E-state index in [9.17, 15) is 24.9 Å². The number of aliphatic hydroxyl groups excluding tert-OH is 2. The van der Waals surface area contributed by atoms with E-state index in [2.05, 4.69) is 15.5 Å². The standard InChI is InChI=1S/C42H50Cl2N4O7/c43-32-23-28(24-33(44)39(32)54-22-6-2-5-17-45-25-35(50)30-9-11-34(49)38-31(30)10-12-37(51)46-38)40(52)48-20-15-42(16-21-48,29-7-3-1-4-8-29)41(53)55-36-26-47-18-13-27(36)14-19-47/h1,3-4,7-12,23-24,27,35-37,45-46,49-51H,2,5-6,13-22,25-26H2/t35-,36-,37?/m0/s1. The molecule has 4 fully saturated rings. The number of anilines is 1. The number of nitrogens with one attached hydrogen (secondary N) is 2. The molecule has 8 rings (SSSR count). The number of piperidine rings is 4. The van der Waals surface area contributed by atoms with Crippen LogP contribution < -0.4 is 15.4 Å². The number of nitrogens with zero attached hydrogens (tertiary/aromatic N) is 2. The van der Waals surface area contributed by atoms with Gasteiger partial charge in [-0.2, -0.15) is 0 Å². The van der Waals surface area contributed by atoms with Gasteiger partial charge in [-0.3, -0.25) is 14.5 Å². The van der Waals surface area contributed by atoms with E-state index in [1.165, 1.54) is 6.07 Å². The van der Waals surface area contributed by atoms with Gasteiger partial charge in [0.25, 0.3) is 5.91 Å². The number of benzene rings is 3. The van der Waals surface area contributed by atoms with Crippen LogP contribution >= 0.6 is 23.2 Å². The largest absolute Gasteiger partial charge is 0.506 e. The van der Waals surface area contributed by atoms with E-state index in [0.29, 0.717) is 79.7 Å². The summed E-state index contributed by atoms with van der Waals surface area (Å²) >= 11 is 13.2. The van der Waals surface area contributed by atoms with Crippen LogP contribution in [-0.2, 0) is 14.9 Å². The molecule has 5 aliphatic rings. The Morgan fingerprint density at radius 2 is 1.71 bits per heavy atom. The Morgan fingerprint density at radius 1 is 0.982 bits per heavy atom. The van der Waals surface area contributed by atoms with Gasteiger partial charge < -0.3 is 40.3 Å². The van der Waals surface area contributed by atoms with Crippen molar-refractivity contribution in [2.75, 3.05) is 57.7 Å². The number of unbranched alkanes of at least 4 members (excludes halogenated alkanes) is 2. The van der Waals surface area contributed by atoms with Crippen molar-refractivity contribution in [2.45, 2.75) is 68.8 Å². The van der Waals surface area contributed by atoms with Crippen LogP contribution in [0, 0.1) is 5.92 Å². The van der Waals surface area contributed by atoms with Gasteiger partial charge in [-0.05, 0) is 106 Å². The number of esters is 1. The minimum atomic E-state index is -0.892. The molecule has 4 saturated heterocycles. The van der Waals surface area contributed by atoms with E-state index in [0.717, 1.165) is 57.3 Å². The summed E-state index contributed by atoms with van der Waals surface area (Å²) in [5.41, 5.74) is 2.20. The summed E-state index contributed by atoms with van der Waals surface area (Å²) in [6.07, 6.45) is 7.01. The number of carbonyl (C=O) groups is 2. The Bertz CT molecular complexity index is 1840. The second-order valence-electron chi connectivity index (χ2n) is 15.1. The number of rotatable bonds is 14. The fourth-order valence-corrected chi connectivity index (χ4v) is 9.04. The maximum Gasteiger partial charge on any atom is 0.317 e. The maximum atomic E-state index is 14.0. The Balaban J connectivity index is 0.866. The third-order valence-corrected chi connectivity index (χ3v) is 12.2. The Kier molecular flexibility index (Phi) is 12.6. The first kappa shape index (κ1) is 39.4. The van der Waals surface area contributed by atoms with Gasteiger partial charge in [0.2, 0.25) is 0 Å². The monoisotopic (exact) mass is 792 g/mol. The molecule has 1 amide bonds. The van der Waals surface area contributed by atoms with Gasteiger partial charge in [0.1, 0.15) is 18.1 Å². The lowest BCUT2D eigenvalue weighted by molar-refractivity contribution is -0.167. The smallest absolute Gasteiger partial charge is 0.317 e. The van der Waals surface area contributed by atoms with Crippen LogP contribution in [0.1, 0.15) is 78.1 Å². The van der Waals surface area contributed by atoms with Crippen LogP contribution in [0.5, 0.6) is 11.5 Å². The first-order chi connectivity index (χ1) is 26.6. The molecule has 55 heavy (non-hydrogen) atoms. The number of phenolic OH excluding ortho intramolecular Hbond substituents is 1. The van der Waals surface area contributed by atoms with Crippen molar-refractivity contribution >= 4 is 46.8 Å². The molecule has 3 atom stereocenters. The molecular formula is C42H50Cl2N4O7. The van der Waals surface area contributed by atoms with Gasteiger partial charge in [0.15, 0.2) is 5.75 Å². The van der Waals surface area contributed by atoms with E-state index in [1.54, 1.807) is 35.3 Å². The van der Waals surface area contributed by atoms with Crippen molar-refractivity contribution in [2.24, 2.45) is 5.92 Å². The average molecular weight is 794 g/mol. The van der Waals surface area contributed by atoms with Gasteiger partial charge in [-0.15, -0.1) is 0 Å². The van der Waals surface area contributed by atoms with Gasteiger partial charge in [-0.25, -0.2) is 0 Å². The highest BCUT2D eigenvalue weighted by Gasteiger charge is 2.47. The zero-order valence-electron chi connectivity index (χ0n) is 30.9. The van der Waals surface area contributed by atoms with Crippen molar-refractivity contribution in [1.29, 1.82) is 0 Å². The number of halogens is 2. The summed E-state index contributed by atoms with van der Waals surface area (Å²) in [5, 5.41) is 37.3. The molecule has 294 valence electrons. The van der Waals surface area contributed by atoms with Crippen molar-refractivity contribution in [3.63, 3.8) is 0 Å². The SMILES string of the molecule is O=C(c1cc(Cl)c(OCCCCCNC[C@H](O)c2ccc(O)c3c2C=CC(O)N3)c(Cl)c1)N1CCC(C(=O)O[C@H]2CN3CCC2CC3)(c2ccccc2)CC1. The third-order valence-electron chi connectivity index (χ3n) is 11.7. The highest BCUT2D eigenvalue weighted by molar-refractivity contribution is 6.37. The number of hydrogen-bond donors (Lipinski definition) is 5. The second kappa shape index (κ2) is 17.5. The molecule has 5 N–H and O–H groups in total. The molecule has 0 radical (unpaired) electrons. The van der Waals surface area contributed by atoms with Crippen molar-refractivity contribution < 1.29 is 34.4 Å². The highest BCUT2D eigenvalue weighted by Crippen LogP contribution is 2.41. The quantitative estimate of drug-likeness (QED) is 0.0734. The van der Waals surface area contributed by atoms with Crippen molar-refractivity contribution in [3.8, 4) is 11.5 Å². The van der Waals surface area contributed by atoms with Crippen molar-refractivity contribution in [3.05, 3.63) is 93.0 Å². The first-order valence-corrected chi connectivity index (χ1v) is 20.2. The number of carbonyl (C=O) groups excluding carboxylic acids is 2. The van der Waals surface area contributed by atoms with Crippen LogP contribution in [0.25, 0.3) is 6.08 Å². The zero-order valence-corrected chi connectivity index (χ0v) is 32.4. The second-order valence-corrected chi connectivity index (χ2v) is 15.9. The minimum absolute atomic E-state index is 0.0139. The molecular weight excluding hydrogens is 743 g/mol. The molecule has 3 aromatic rings. The summed E-state index contributed by atoms with van der Waals surface area (Å²) in [6.45, 7) is 5.14. The molecule has 0 saturated carbocycles. The molecule has 11 nitrogen and oxygen atoms in total. The van der Waals surface area contributed by atoms with Crippen LogP contribution in [0.15, 0.2) is 60.7 Å². The molecule has 5 heterocycles. The number of phenols is 1. The van der Waals surface area contributed by atoms with Gasteiger partial charge in [0.05, 0.1) is 33.9 Å². The molecule has 5 aliphatic heterocycles. The lowest BCUT2D eigenvalue weighted by atomic mass is 9.72. The van der Waals surface area contributed by atoms with Crippen LogP contribution in [0.2, 0.25) is 10.0 Å². The molecule has 0 aromatic heterocycles. The summed E-state index contributed by atoms with van der Waals surface area (Å²) in [4.78, 5) is 31.9. The van der Waals surface area contributed by atoms with E-state index in [-0.39, 0.29) is 33.8 Å². The third kappa shape index (κ3) is 8.77. The predicted octanol–water partition coefficient (Wildman–Crippen LogP) is 6.14. The zero-order chi connectivity index (χ0) is 38.5. The number of likely N-dealkylation sites (tertiary alicyclic amines) is 1. The van der Waals surface area contributed by atoms with E-state index in [4.69, 9.17) is 32.7 Å². The van der Waals surface area contributed by atoms with Crippen LogP contribution in [0.4, 0.5) is 5.69 Å². The number of amides is 1. The van der Waals surface area contributed by atoms with E-state index in [1.807, 2.05) is 30.3 Å². The van der Waals surface area contributed by atoms with E-state index < -0.39 is 17.7 Å². The topological polar surface area (TPSA) is 144 Å². The number of ether oxygens (including phenoxy) is 2. The van der Waals surface area contributed by atoms with Gasteiger partial charge in [-0.1, -0.05) is 65.7 Å². The normalized spacial score (nSPS) is 23.1. The van der Waals surface area contributed by atoms with Crippen LogP contribution in [-0.4, -0.2) is 102 Å². The summed E-state index contributed by atoms with van der Waals surface area (Å²) in [5.74, 6) is 0.386. The fourth-order valence-electron chi connectivity index (χ4n) is 8.44. The summed E-state index contributed by atoms with van der Waals surface area (Å²) in [6, 6.07) is 16.2. The average Bonchev–Trinajstić information content (AvgIpc) is 3.20. The number of fused-ring (bicyclic) bond motifs is 4. The Morgan fingerprint density at radius 3 is 2.40 bits per heavy atom. The molecule has 3 aromatic carbocycles. The number of aromatic hydroxyl groups is 1. The predicted molar refractivity (Wildman–Crippen MR) is 213 cm³/mol. The first-order valence-electron chi connectivity index (χ1n) is 19.4. The van der Waals surface area contributed by atoms with Gasteiger partial charge >= 0.3 is 5.97 Å². The Labute approximate surface area is 332 Å². The number of aliphatic hydroxyl groups is 2. The van der Waals surface area contributed by atoms with Crippen LogP contribution in [0.3, 0.4) is 0 Å². The Hall–Kier alpha value is -3.84. The fraction of sp³-hybridized carbons (Fsp3) is 0.476. The molecule has 13 heteroatoms. The minimum Gasteiger partial charge on any atom is -0.506 e. The molecule has 2 bridgehead atoms. The summed E-state index contributed by atoms with van der Waals surface area (Å²) in [7, 11) is 0.